The van der Waals surface area contributed by atoms with Gasteiger partial charge in [0, 0.05) is 39.4 Å². The number of ether oxygens (including phenoxy) is 2. The summed E-state index contributed by atoms with van der Waals surface area (Å²) < 4.78 is 12.2. The SMILES string of the molecule is CCNC(=O)NN(C)CC(=O)NC(C=O)[C@@H](C1CCCCC1)N(Cc1cccc2ccccc12)[C@@H](C)C(OCC)OCC. The number of aldehydes is 1. The van der Waals surface area contributed by atoms with E-state index in [1.807, 2.05) is 32.9 Å². The first kappa shape index (κ1) is 34.4. The number of nitrogens with one attached hydrogen (secondary N) is 3. The van der Waals surface area contributed by atoms with Gasteiger partial charge in [-0.15, -0.1) is 0 Å². The Hall–Kier alpha value is -3.05. The molecule has 0 heterocycles. The highest BCUT2D eigenvalue weighted by atomic mass is 16.7. The number of rotatable bonds is 17. The molecule has 238 valence electrons. The lowest BCUT2D eigenvalue weighted by Gasteiger charge is -2.46. The largest absolute Gasteiger partial charge is 0.351 e. The van der Waals surface area contributed by atoms with Crippen LogP contribution in [0, 0.1) is 5.92 Å². The molecule has 3 atom stereocenters. The van der Waals surface area contributed by atoms with E-state index in [0.29, 0.717) is 26.3 Å². The highest BCUT2D eigenvalue weighted by molar-refractivity contribution is 5.85. The normalized spacial score (nSPS) is 16.3. The fourth-order valence-electron chi connectivity index (χ4n) is 6.27. The minimum atomic E-state index is -0.769. The summed E-state index contributed by atoms with van der Waals surface area (Å²) in [5.74, 6) is -0.155. The molecule has 3 amide bonds. The summed E-state index contributed by atoms with van der Waals surface area (Å²) in [4.78, 5) is 40.4. The van der Waals surface area contributed by atoms with E-state index in [1.54, 1.807) is 7.05 Å². The molecule has 0 aromatic heterocycles. The maximum atomic E-state index is 13.3. The van der Waals surface area contributed by atoms with E-state index >= 15 is 0 Å². The zero-order valence-electron chi connectivity index (χ0n) is 26.5. The number of hydrogen-bond donors (Lipinski definition) is 3. The highest BCUT2D eigenvalue weighted by Crippen LogP contribution is 2.34. The number of fused-ring (bicyclic) bond motifs is 1. The summed E-state index contributed by atoms with van der Waals surface area (Å²) in [6, 6.07) is 12.9. The fraction of sp³-hybridized carbons (Fsp3) is 0.606. The molecule has 0 spiro atoms. The van der Waals surface area contributed by atoms with Crippen molar-refractivity contribution < 1.29 is 23.9 Å². The van der Waals surface area contributed by atoms with Crippen LogP contribution in [-0.4, -0.2) is 85.9 Å². The molecule has 2 aromatic carbocycles. The lowest BCUT2D eigenvalue weighted by Crippen LogP contribution is -2.61. The van der Waals surface area contributed by atoms with Crippen LogP contribution in [-0.2, 0) is 25.6 Å². The molecule has 10 nitrogen and oxygen atoms in total. The number of nitrogens with zero attached hydrogens (tertiary/aromatic N) is 2. The van der Waals surface area contributed by atoms with Crippen molar-refractivity contribution in [3.63, 3.8) is 0 Å². The molecule has 1 fully saturated rings. The first-order valence-electron chi connectivity index (χ1n) is 15.8. The van der Waals surface area contributed by atoms with Crippen molar-refractivity contribution in [3.05, 3.63) is 48.0 Å². The molecule has 10 heteroatoms. The number of hydrazine groups is 1. The van der Waals surface area contributed by atoms with Crippen molar-refractivity contribution in [2.75, 3.05) is 33.4 Å². The third kappa shape index (κ3) is 9.99. The summed E-state index contributed by atoms with van der Waals surface area (Å²) in [7, 11) is 1.62. The van der Waals surface area contributed by atoms with Gasteiger partial charge in [0.15, 0.2) is 6.29 Å². The Morgan fingerprint density at radius 1 is 1.00 bits per heavy atom. The second-order valence-electron chi connectivity index (χ2n) is 11.3. The molecule has 43 heavy (non-hydrogen) atoms. The molecule has 3 rings (SSSR count). The number of carbonyl (C=O) groups is 3. The van der Waals surface area contributed by atoms with Crippen LogP contribution < -0.4 is 16.1 Å². The third-order valence-electron chi connectivity index (χ3n) is 8.18. The Labute approximate surface area is 256 Å². The number of hydrogen-bond acceptors (Lipinski definition) is 7. The summed E-state index contributed by atoms with van der Waals surface area (Å²) in [5, 5.41) is 9.38. The van der Waals surface area contributed by atoms with Crippen LogP contribution in [0.4, 0.5) is 4.79 Å². The number of benzene rings is 2. The van der Waals surface area contributed by atoms with Crippen LogP contribution in [0.5, 0.6) is 0 Å². The molecule has 3 N–H and O–H groups in total. The van der Waals surface area contributed by atoms with Crippen molar-refractivity contribution in [1.29, 1.82) is 0 Å². The van der Waals surface area contributed by atoms with Crippen molar-refractivity contribution >= 4 is 29.0 Å². The molecular formula is C33H51N5O5. The van der Waals surface area contributed by atoms with Crippen LogP contribution in [0.3, 0.4) is 0 Å². The summed E-state index contributed by atoms with van der Waals surface area (Å²) in [5.41, 5.74) is 3.76. The smallest absolute Gasteiger partial charge is 0.329 e. The predicted molar refractivity (Wildman–Crippen MR) is 169 cm³/mol. The van der Waals surface area contributed by atoms with E-state index in [-0.39, 0.29) is 30.5 Å². The van der Waals surface area contributed by atoms with E-state index in [4.69, 9.17) is 9.47 Å². The number of amides is 3. The maximum Gasteiger partial charge on any atom is 0.329 e. The Kier molecular flexibility index (Phi) is 14.4. The van der Waals surface area contributed by atoms with E-state index in [0.717, 1.165) is 54.7 Å². The van der Waals surface area contributed by atoms with E-state index < -0.39 is 18.4 Å². The van der Waals surface area contributed by atoms with Crippen molar-refractivity contribution in [2.24, 2.45) is 5.92 Å². The molecule has 0 radical (unpaired) electrons. The van der Waals surface area contributed by atoms with Gasteiger partial charge in [-0.1, -0.05) is 61.7 Å². The third-order valence-corrected chi connectivity index (χ3v) is 8.18. The minimum absolute atomic E-state index is 0.0990. The molecular weight excluding hydrogens is 546 g/mol. The van der Waals surface area contributed by atoms with Gasteiger partial charge < -0.3 is 24.9 Å². The molecule has 1 unspecified atom stereocenters. The fourth-order valence-corrected chi connectivity index (χ4v) is 6.27. The Balaban J connectivity index is 2.00. The average molecular weight is 598 g/mol. The number of urea groups is 1. The summed E-state index contributed by atoms with van der Waals surface area (Å²) in [6.45, 7) is 9.71. The van der Waals surface area contributed by atoms with E-state index in [1.165, 1.54) is 5.01 Å². The number of likely N-dealkylation sites (N-methyl/N-ethyl adjacent to an activating group) is 1. The summed E-state index contributed by atoms with van der Waals surface area (Å²) >= 11 is 0. The lowest BCUT2D eigenvalue weighted by molar-refractivity contribution is -0.181. The van der Waals surface area contributed by atoms with Gasteiger partial charge >= 0.3 is 6.03 Å². The zero-order chi connectivity index (χ0) is 31.2. The van der Waals surface area contributed by atoms with E-state index in [2.05, 4.69) is 58.2 Å². The predicted octanol–water partition coefficient (Wildman–Crippen LogP) is 4.23. The van der Waals surface area contributed by atoms with Gasteiger partial charge in [0.2, 0.25) is 5.91 Å². The average Bonchev–Trinajstić information content (AvgIpc) is 3.00. The van der Waals surface area contributed by atoms with Crippen molar-refractivity contribution in [3.8, 4) is 0 Å². The molecule has 0 saturated heterocycles. The minimum Gasteiger partial charge on any atom is -0.351 e. The van der Waals surface area contributed by atoms with Gasteiger partial charge in [-0.05, 0) is 62.8 Å². The van der Waals surface area contributed by atoms with Crippen LogP contribution in [0.15, 0.2) is 42.5 Å². The van der Waals surface area contributed by atoms with Crippen LogP contribution in [0.1, 0.15) is 65.4 Å². The van der Waals surface area contributed by atoms with Gasteiger partial charge in [0.1, 0.15) is 12.3 Å². The summed E-state index contributed by atoms with van der Waals surface area (Å²) in [6.07, 6.45) is 5.62. The molecule has 1 aliphatic rings. The Morgan fingerprint density at radius 3 is 2.33 bits per heavy atom. The second kappa shape index (κ2) is 17.9. The monoisotopic (exact) mass is 597 g/mol. The standard InChI is InChI=1S/C33H51N5O5/c1-6-34-33(41)36-37(5)22-30(40)35-29(23-39)31(26-16-10-9-11-17-26)38(24(4)32(42-7-2)43-8-3)21-27-19-14-18-25-15-12-13-20-28(25)27/h12-15,18-20,23-24,26,29,31-32H,6-11,16-17,21-22H2,1-5H3,(H,35,40)(H2,34,36,41)/t24-,29?,31+/m0/s1. The van der Waals surface area contributed by atoms with Crippen LogP contribution >= 0.6 is 0 Å². The second-order valence-corrected chi connectivity index (χ2v) is 11.3. The molecule has 1 aliphatic carbocycles. The van der Waals surface area contributed by atoms with Crippen LogP contribution in [0.2, 0.25) is 0 Å². The van der Waals surface area contributed by atoms with Gasteiger partial charge in [-0.3, -0.25) is 15.1 Å². The van der Waals surface area contributed by atoms with Crippen LogP contribution in [0.25, 0.3) is 10.8 Å². The maximum absolute atomic E-state index is 13.3. The van der Waals surface area contributed by atoms with Crippen molar-refractivity contribution in [1.82, 2.24) is 26.0 Å². The van der Waals surface area contributed by atoms with Gasteiger partial charge in [-0.25, -0.2) is 9.80 Å². The molecule has 0 aliphatic heterocycles. The van der Waals surface area contributed by atoms with Gasteiger partial charge in [0.05, 0.1) is 12.6 Å². The molecule has 1 saturated carbocycles. The topological polar surface area (TPSA) is 112 Å². The highest BCUT2D eigenvalue weighted by Gasteiger charge is 2.40. The number of carbonyl (C=O) groups excluding carboxylic acids is 3. The van der Waals surface area contributed by atoms with Gasteiger partial charge in [0.25, 0.3) is 0 Å². The first-order chi connectivity index (χ1) is 20.8. The molecule has 0 bridgehead atoms. The lowest BCUT2D eigenvalue weighted by atomic mass is 9.79. The Bertz CT molecular complexity index is 1150. The Morgan fingerprint density at radius 2 is 1.67 bits per heavy atom. The quantitative estimate of drug-likeness (QED) is 0.142. The molecule has 2 aromatic rings. The van der Waals surface area contributed by atoms with Crippen molar-refractivity contribution in [2.45, 2.75) is 90.8 Å². The first-order valence-corrected chi connectivity index (χ1v) is 15.8. The van der Waals surface area contributed by atoms with E-state index in [9.17, 15) is 14.4 Å². The zero-order valence-corrected chi connectivity index (χ0v) is 26.5. The van der Waals surface area contributed by atoms with Gasteiger partial charge in [-0.2, -0.15) is 0 Å².